The van der Waals surface area contributed by atoms with Gasteiger partial charge in [-0.05, 0) is 49.6 Å². The smallest absolute Gasteiger partial charge is 0.338 e. The summed E-state index contributed by atoms with van der Waals surface area (Å²) in [6, 6.07) is 13.3. The van der Waals surface area contributed by atoms with Gasteiger partial charge < -0.3 is 14.8 Å². The molecule has 0 saturated carbocycles. The monoisotopic (exact) mass is 496 g/mol. The van der Waals surface area contributed by atoms with E-state index in [-0.39, 0.29) is 5.97 Å². The van der Waals surface area contributed by atoms with E-state index in [0.29, 0.717) is 36.2 Å². The lowest BCUT2D eigenvalue weighted by molar-refractivity contribution is -0.139. The number of nitrogens with one attached hydrogen (secondary N) is 1. The molecule has 0 amide bonds. The molecule has 0 fully saturated rings. The number of hydrogen-bond acceptors (Lipinski definition) is 6. The standard InChI is InChI=1S/C24H25BrN4O3/c1-4-11-31-23(30)21-16(3)28-24-26-14-27-29(24)22(21)19-12-18(25)9-10-20(19)32-13-17-8-6-5-7-15(17)2/h5-10,12,14,22H,4,11,13H2,1-3H3,(H,26,27,28). The highest BCUT2D eigenvalue weighted by Crippen LogP contribution is 2.40. The van der Waals surface area contributed by atoms with E-state index in [1.54, 1.807) is 4.68 Å². The largest absolute Gasteiger partial charge is 0.489 e. The lowest BCUT2D eigenvalue weighted by atomic mass is 9.95. The fraction of sp³-hybridized carbons (Fsp3) is 0.292. The molecule has 1 atom stereocenters. The Balaban J connectivity index is 1.77. The van der Waals surface area contributed by atoms with E-state index in [9.17, 15) is 4.79 Å². The first kappa shape index (κ1) is 22.1. The summed E-state index contributed by atoms with van der Waals surface area (Å²) < 4.78 is 14.3. The highest BCUT2D eigenvalue weighted by Gasteiger charge is 2.36. The third-order valence-corrected chi connectivity index (χ3v) is 5.86. The predicted molar refractivity (Wildman–Crippen MR) is 125 cm³/mol. The second kappa shape index (κ2) is 9.56. The lowest BCUT2D eigenvalue weighted by Gasteiger charge is -2.29. The Labute approximate surface area is 195 Å². The van der Waals surface area contributed by atoms with Crippen molar-refractivity contribution in [3.05, 3.63) is 81.2 Å². The number of aryl methyl sites for hydroxylation is 1. The summed E-state index contributed by atoms with van der Waals surface area (Å²) in [5.41, 5.74) is 4.22. The highest BCUT2D eigenvalue weighted by atomic mass is 79.9. The minimum atomic E-state index is -0.539. The second-order valence-electron chi connectivity index (χ2n) is 7.63. The van der Waals surface area contributed by atoms with Gasteiger partial charge in [-0.2, -0.15) is 10.1 Å². The van der Waals surface area contributed by atoms with Crippen LogP contribution in [0.3, 0.4) is 0 Å². The van der Waals surface area contributed by atoms with Crippen LogP contribution in [0.2, 0.25) is 0 Å². The molecule has 7 nitrogen and oxygen atoms in total. The molecule has 0 bridgehead atoms. The van der Waals surface area contributed by atoms with Gasteiger partial charge in [0.05, 0.1) is 12.2 Å². The SMILES string of the molecule is CCCOC(=O)C1=C(C)Nc2ncnn2C1c1cc(Br)ccc1OCc1ccccc1C. The van der Waals surface area contributed by atoms with Gasteiger partial charge in [0.1, 0.15) is 24.7 Å². The zero-order valence-electron chi connectivity index (χ0n) is 18.3. The Morgan fingerprint density at radius 1 is 1.22 bits per heavy atom. The summed E-state index contributed by atoms with van der Waals surface area (Å²) in [7, 11) is 0. The number of ether oxygens (including phenoxy) is 2. The number of anilines is 1. The van der Waals surface area contributed by atoms with E-state index in [0.717, 1.165) is 27.6 Å². The summed E-state index contributed by atoms with van der Waals surface area (Å²) in [6.07, 6.45) is 2.21. The van der Waals surface area contributed by atoms with E-state index in [2.05, 4.69) is 44.3 Å². The summed E-state index contributed by atoms with van der Waals surface area (Å²) in [4.78, 5) is 17.4. The number of carbonyl (C=O) groups is 1. The Morgan fingerprint density at radius 3 is 2.81 bits per heavy atom. The molecular formula is C24H25BrN4O3. The molecule has 0 radical (unpaired) electrons. The molecular weight excluding hydrogens is 472 g/mol. The van der Waals surface area contributed by atoms with Crippen molar-refractivity contribution in [2.75, 3.05) is 11.9 Å². The Morgan fingerprint density at radius 2 is 2.03 bits per heavy atom. The first-order chi connectivity index (χ1) is 15.5. The van der Waals surface area contributed by atoms with Crippen molar-refractivity contribution in [2.24, 2.45) is 0 Å². The van der Waals surface area contributed by atoms with Gasteiger partial charge >= 0.3 is 5.97 Å². The van der Waals surface area contributed by atoms with Gasteiger partial charge in [-0.25, -0.2) is 9.48 Å². The number of rotatable bonds is 7. The minimum absolute atomic E-state index is 0.349. The number of carbonyl (C=O) groups excluding carboxylic acids is 1. The fourth-order valence-corrected chi connectivity index (χ4v) is 4.09. The summed E-state index contributed by atoms with van der Waals surface area (Å²) in [5.74, 6) is 0.843. The van der Waals surface area contributed by atoms with E-state index in [4.69, 9.17) is 9.47 Å². The minimum Gasteiger partial charge on any atom is -0.489 e. The molecule has 1 aliphatic rings. The summed E-state index contributed by atoms with van der Waals surface area (Å²) in [5, 5.41) is 7.56. The highest BCUT2D eigenvalue weighted by molar-refractivity contribution is 9.10. The predicted octanol–water partition coefficient (Wildman–Crippen LogP) is 5.17. The fourth-order valence-electron chi connectivity index (χ4n) is 3.71. The van der Waals surface area contributed by atoms with Gasteiger partial charge in [0.2, 0.25) is 5.95 Å². The second-order valence-corrected chi connectivity index (χ2v) is 8.54. The van der Waals surface area contributed by atoms with Gasteiger partial charge in [-0.3, -0.25) is 0 Å². The number of allylic oxidation sites excluding steroid dienone is 1. The molecule has 0 saturated heterocycles. The van der Waals surface area contributed by atoms with Crippen molar-refractivity contribution in [1.29, 1.82) is 0 Å². The molecule has 166 valence electrons. The van der Waals surface area contributed by atoms with E-state index >= 15 is 0 Å². The third kappa shape index (κ3) is 4.41. The van der Waals surface area contributed by atoms with Gasteiger partial charge in [-0.15, -0.1) is 0 Å². The average molecular weight is 497 g/mol. The first-order valence-corrected chi connectivity index (χ1v) is 11.3. The molecule has 0 aliphatic carbocycles. The molecule has 2 aromatic carbocycles. The number of aromatic nitrogens is 3. The number of halogens is 1. The van der Waals surface area contributed by atoms with Crippen LogP contribution in [0.15, 0.2) is 64.5 Å². The topological polar surface area (TPSA) is 78.3 Å². The van der Waals surface area contributed by atoms with Crippen LogP contribution in [0.4, 0.5) is 5.95 Å². The van der Waals surface area contributed by atoms with E-state index < -0.39 is 6.04 Å². The molecule has 8 heteroatoms. The van der Waals surface area contributed by atoms with Crippen LogP contribution >= 0.6 is 15.9 Å². The summed E-state index contributed by atoms with van der Waals surface area (Å²) >= 11 is 3.57. The van der Waals surface area contributed by atoms with Gasteiger partial charge in [0, 0.05) is 15.7 Å². The third-order valence-electron chi connectivity index (χ3n) is 5.36. The number of fused-ring (bicyclic) bond motifs is 1. The molecule has 4 rings (SSSR count). The van der Waals surface area contributed by atoms with Crippen molar-refractivity contribution in [1.82, 2.24) is 14.8 Å². The maximum Gasteiger partial charge on any atom is 0.338 e. The molecule has 32 heavy (non-hydrogen) atoms. The van der Waals surface area contributed by atoms with Gasteiger partial charge in [-0.1, -0.05) is 47.1 Å². The van der Waals surface area contributed by atoms with Crippen molar-refractivity contribution >= 4 is 27.8 Å². The first-order valence-electron chi connectivity index (χ1n) is 10.5. The molecule has 1 aromatic heterocycles. The number of nitrogens with zero attached hydrogens (tertiary/aromatic N) is 3. The quantitative estimate of drug-likeness (QED) is 0.454. The number of hydrogen-bond donors (Lipinski definition) is 1. The van der Waals surface area contributed by atoms with Crippen LogP contribution in [-0.4, -0.2) is 27.3 Å². The molecule has 2 heterocycles. The van der Waals surface area contributed by atoms with Crippen LogP contribution < -0.4 is 10.1 Å². The maximum atomic E-state index is 13.1. The normalized spacial score (nSPS) is 15.2. The van der Waals surface area contributed by atoms with Crippen LogP contribution in [0, 0.1) is 6.92 Å². The zero-order chi connectivity index (χ0) is 22.7. The van der Waals surface area contributed by atoms with Gasteiger partial charge in [0.25, 0.3) is 0 Å². The van der Waals surface area contributed by atoms with Gasteiger partial charge in [0.15, 0.2) is 0 Å². The summed E-state index contributed by atoms with van der Waals surface area (Å²) in [6.45, 7) is 6.63. The molecule has 0 spiro atoms. The van der Waals surface area contributed by atoms with Crippen molar-refractivity contribution in [3.63, 3.8) is 0 Å². The Kier molecular flexibility index (Phi) is 6.60. The van der Waals surface area contributed by atoms with Crippen molar-refractivity contribution < 1.29 is 14.3 Å². The number of esters is 1. The maximum absolute atomic E-state index is 13.1. The van der Waals surface area contributed by atoms with Crippen LogP contribution in [0.5, 0.6) is 5.75 Å². The molecule has 1 unspecified atom stereocenters. The van der Waals surface area contributed by atoms with E-state index in [1.165, 1.54) is 6.33 Å². The lowest BCUT2D eigenvalue weighted by Crippen LogP contribution is -2.30. The molecule has 3 aromatic rings. The van der Waals surface area contributed by atoms with Crippen molar-refractivity contribution in [3.8, 4) is 5.75 Å². The van der Waals surface area contributed by atoms with Crippen LogP contribution in [-0.2, 0) is 16.1 Å². The molecule has 1 aliphatic heterocycles. The van der Waals surface area contributed by atoms with Crippen LogP contribution in [0.25, 0.3) is 0 Å². The number of benzene rings is 2. The Bertz CT molecular complexity index is 1170. The van der Waals surface area contributed by atoms with Crippen LogP contribution in [0.1, 0.15) is 43.0 Å². The molecule has 1 N–H and O–H groups in total. The Hall–Kier alpha value is -3.13. The zero-order valence-corrected chi connectivity index (χ0v) is 19.8. The van der Waals surface area contributed by atoms with Crippen molar-refractivity contribution in [2.45, 2.75) is 39.8 Å². The van der Waals surface area contributed by atoms with E-state index in [1.807, 2.05) is 50.2 Å². The average Bonchev–Trinajstić information content (AvgIpc) is 3.24.